The lowest BCUT2D eigenvalue weighted by Gasteiger charge is -2.33. The van der Waals surface area contributed by atoms with Crippen LogP contribution in [0.1, 0.15) is 10.5 Å². The molecule has 8 nitrogen and oxygen atoms in total. The van der Waals surface area contributed by atoms with Crippen molar-refractivity contribution in [3.8, 4) is 11.4 Å². The van der Waals surface area contributed by atoms with Crippen LogP contribution in [0.4, 0.5) is 8.78 Å². The van der Waals surface area contributed by atoms with E-state index in [1.165, 1.54) is 16.7 Å². The first kappa shape index (κ1) is 21.9. The van der Waals surface area contributed by atoms with Gasteiger partial charge in [0, 0.05) is 32.2 Å². The molecule has 32 heavy (non-hydrogen) atoms. The number of halogens is 2. The molecule has 4 rings (SSSR count). The third kappa shape index (κ3) is 4.08. The first-order valence-electron chi connectivity index (χ1n) is 9.75. The van der Waals surface area contributed by atoms with Gasteiger partial charge in [-0.15, -0.1) is 0 Å². The monoisotopic (exact) mass is 462 g/mol. The third-order valence-corrected chi connectivity index (χ3v) is 7.09. The molecule has 3 aromatic rings. The fraction of sp³-hybridized carbons (Fsp3) is 0.238. The number of carbonyl (C=O) groups is 1. The lowest BCUT2D eigenvalue weighted by molar-refractivity contribution is 0.0688. The predicted octanol–water partition coefficient (Wildman–Crippen LogP) is 2.31. The Labute approximate surface area is 183 Å². The molecular weight excluding hydrogens is 442 g/mol. The van der Waals surface area contributed by atoms with Gasteiger partial charge in [0.25, 0.3) is 5.91 Å². The number of piperazine rings is 1. The number of nitrogens with zero attached hydrogens (tertiary/aromatic N) is 4. The molecule has 0 spiro atoms. The fourth-order valence-electron chi connectivity index (χ4n) is 3.47. The van der Waals surface area contributed by atoms with Crippen molar-refractivity contribution in [1.82, 2.24) is 19.0 Å². The van der Waals surface area contributed by atoms with E-state index in [2.05, 4.69) is 5.10 Å². The maximum absolute atomic E-state index is 14.0. The Kier molecular flexibility index (Phi) is 5.94. The van der Waals surface area contributed by atoms with Gasteiger partial charge in [0.2, 0.25) is 10.0 Å². The molecule has 0 saturated carbocycles. The molecule has 11 heteroatoms. The van der Waals surface area contributed by atoms with Gasteiger partial charge in [-0.2, -0.15) is 9.40 Å². The lowest BCUT2D eigenvalue weighted by atomic mass is 10.3. The first-order chi connectivity index (χ1) is 15.3. The van der Waals surface area contributed by atoms with Gasteiger partial charge in [-0.1, -0.05) is 18.2 Å². The average Bonchev–Trinajstić information content (AvgIpc) is 3.23. The van der Waals surface area contributed by atoms with Crippen molar-refractivity contribution in [2.75, 3.05) is 33.3 Å². The predicted molar refractivity (Wildman–Crippen MR) is 111 cm³/mol. The molecule has 0 N–H and O–H groups in total. The maximum atomic E-state index is 14.0. The van der Waals surface area contributed by atoms with E-state index in [1.807, 2.05) is 30.3 Å². The Balaban J connectivity index is 1.50. The molecule has 2 aromatic carbocycles. The van der Waals surface area contributed by atoms with E-state index in [4.69, 9.17) is 4.74 Å². The summed E-state index contributed by atoms with van der Waals surface area (Å²) in [5.74, 6) is -2.12. The van der Waals surface area contributed by atoms with Crippen molar-refractivity contribution in [1.29, 1.82) is 0 Å². The second kappa shape index (κ2) is 8.67. The van der Waals surface area contributed by atoms with Gasteiger partial charge in [-0.25, -0.2) is 21.9 Å². The highest BCUT2D eigenvalue weighted by molar-refractivity contribution is 7.89. The van der Waals surface area contributed by atoms with Gasteiger partial charge in [0.05, 0.1) is 19.0 Å². The molecule has 1 aliphatic rings. The Morgan fingerprint density at radius 2 is 1.72 bits per heavy atom. The minimum absolute atomic E-state index is 0.0351. The highest BCUT2D eigenvalue weighted by Crippen LogP contribution is 2.24. The van der Waals surface area contributed by atoms with Crippen molar-refractivity contribution >= 4 is 15.9 Å². The Bertz CT molecular complexity index is 1240. The zero-order valence-electron chi connectivity index (χ0n) is 17.1. The molecule has 0 bridgehead atoms. The number of benzene rings is 2. The maximum Gasteiger partial charge on any atom is 0.278 e. The molecule has 0 aliphatic carbocycles. The van der Waals surface area contributed by atoms with Crippen molar-refractivity contribution in [3.05, 3.63) is 72.1 Å². The fourth-order valence-corrected chi connectivity index (χ4v) is 4.94. The van der Waals surface area contributed by atoms with Crippen LogP contribution in [0, 0.1) is 11.6 Å². The molecule has 1 aliphatic heterocycles. The number of sulfonamides is 1. The summed E-state index contributed by atoms with van der Waals surface area (Å²) in [7, 11) is -2.72. The van der Waals surface area contributed by atoms with Crippen LogP contribution in [0.25, 0.3) is 5.69 Å². The molecule has 1 saturated heterocycles. The van der Waals surface area contributed by atoms with E-state index in [0.29, 0.717) is 11.8 Å². The quantitative estimate of drug-likeness (QED) is 0.581. The van der Waals surface area contributed by atoms with Crippen LogP contribution in [0.2, 0.25) is 0 Å². The smallest absolute Gasteiger partial charge is 0.278 e. The van der Waals surface area contributed by atoms with Crippen molar-refractivity contribution in [3.63, 3.8) is 0 Å². The highest BCUT2D eigenvalue weighted by atomic mass is 32.2. The van der Waals surface area contributed by atoms with Crippen LogP contribution in [0.15, 0.2) is 59.6 Å². The summed E-state index contributed by atoms with van der Waals surface area (Å²) in [5.41, 5.74) is 0.860. The Morgan fingerprint density at radius 1 is 1.03 bits per heavy atom. The van der Waals surface area contributed by atoms with Gasteiger partial charge < -0.3 is 9.64 Å². The molecule has 0 radical (unpaired) electrons. The largest absolute Gasteiger partial charge is 0.493 e. The standard InChI is InChI=1S/C21H20F2N4O4S/c1-31-18-14-27(16-5-3-2-4-6-16)24-20(18)21(28)25-9-11-26(12-10-25)32(29,30)19-8-7-15(22)13-17(19)23/h2-8,13-14H,9-12H2,1H3. The topological polar surface area (TPSA) is 84.7 Å². The first-order valence-corrected chi connectivity index (χ1v) is 11.2. The van der Waals surface area contributed by atoms with Crippen LogP contribution in [-0.4, -0.2) is 66.6 Å². The molecule has 0 unspecified atom stereocenters. The Morgan fingerprint density at radius 3 is 2.34 bits per heavy atom. The summed E-state index contributed by atoms with van der Waals surface area (Å²) in [4.78, 5) is 13.9. The molecule has 168 valence electrons. The number of hydrogen-bond donors (Lipinski definition) is 0. The van der Waals surface area contributed by atoms with Gasteiger partial charge >= 0.3 is 0 Å². The van der Waals surface area contributed by atoms with Crippen molar-refractivity contribution in [2.45, 2.75) is 4.90 Å². The molecule has 1 amide bonds. The summed E-state index contributed by atoms with van der Waals surface area (Å²) >= 11 is 0. The Hall–Kier alpha value is -3.31. The number of aromatic nitrogens is 2. The number of hydrogen-bond acceptors (Lipinski definition) is 5. The lowest BCUT2D eigenvalue weighted by Crippen LogP contribution is -2.50. The van der Waals surface area contributed by atoms with E-state index in [-0.39, 0.29) is 31.9 Å². The van der Waals surface area contributed by atoms with E-state index in [9.17, 15) is 22.0 Å². The second-order valence-corrected chi connectivity index (χ2v) is 9.00. The SMILES string of the molecule is COc1cn(-c2ccccc2)nc1C(=O)N1CCN(S(=O)(=O)c2ccc(F)cc2F)CC1. The van der Waals surface area contributed by atoms with Crippen LogP contribution in [-0.2, 0) is 10.0 Å². The molecule has 1 fully saturated rings. The number of ether oxygens (including phenoxy) is 1. The minimum Gasteiger partial charge on any atom is -0.493 e. The number of rotatable bonds is 5. The van der Waals surface area contributed by atoms with E-state index in [0.717, 1.165) is 22.1 Å². The zero-order chi connectivity index (χ0) is 22.9. The third-order valence-electron chi connectivity index (χ3n) is 5.16. The van der Waals surface area contributed by atoms with Crippen molar-refractivity contribution < 1.29 is 26.7 Å². The number of methoxy groups -OCH3 is 1. The number of amides is 1. The van der Waals surface area contributed by atoms with Crippen molar-refractivity contribution in [2.24, 2.45) is 0 Å². The van der Waals surface area contributed by atoms with Gasteiger partial charge in [0.1, 0.15) is 16.5 Å². The van der Waals surface area contributed by atoms with Crippen LogP contribution in [0.3, 0.4) is 0 Å². The summed E-state index contributed by atoms with van der Waals surface area (Å²) in [6.45, 7) is 0.101. The van der Waals surface area contributed by atoms with Gasteiger partial charge in [-0.05, 0) is 24.3 Å². The summed E-state index contributed by atoms with van der Waals surface area (Å²) < 4.78 is 60.6. The van der Waals surface area contributed by atoms with E-state index in [1.54, 1.807) is 6.20 Å². The molecule has 1 aromatic heterocycles. The summed E-state index contributed by atoms with van der Waals surface area (Å²) in [5, 5.41) is 4.35. The van der Waals surface area contributed by atoms with Crippen LogP contribution in [0.5, 0.6) is 5.75 Å². The van der Waals surface area contributed by atoms with Crippen LogP contribution < -0.4 is 4.74 Å². The summed E-state index contributed by atoms with van der Waals surface area (Å²) in [6.07, 6.45) is 1.60. The molecular formula is C21H20F2N4O4S. The van der Waals surface area contributed by atoms with E-state index >= 15 is 0 Å². The highest BCUT2D eigenvalue weighted by Gasteiger charge is 2.33. The van der Waals surface area contributed by atoms with Gasteiger partial charge in [0.15, 0.2) is 11.4 Å². The normalized spacial score (nSPS) is 15.0. The number of carbonyl (C=O) groups excluding carboxylic acids is 1. The van der Waals surface area contributed by atoms with Crippen LogP contribution >= 0.6 is 0 Å². The number of para-hydroxylation sites is 1. The summed E-state index contributed by atoms with van der Waals surface area (Å²) in [6, 6.07) is 11.5. The van der Waals surface area contributed by atoms with Gasteiger partial charge in [-0.3, -0.25) is 4.79 Å². The van der Waals surface area contributed by atoms with E-state index < -0.39 is 32.5 Å². The minimum atomic E-state index is -4.16. The molecule has 2 heterocycles. The zero-order valence-corrected chi connectivity index (χ0v) is 17.9. The molecule has 0 atom stereocenters. The average molecular weight is 462 g/mol. The second-order valence-electron chi connectivity index (χ2n) is 7.10.